The average molecular weight is 461 g/mol. The van der Waals surface area contributed by atoms with Crippen LogP contribution < -0.4 is 16.1 Å². The Labute approximate surface area is 196 Å². The third-order valence-corrected chi connectivity index (χ3v) is 6.46. The highest BCUT2D eigenvalue weighted by Gasteiger charge is 2.19. The predicted molar refractivity (Wildman–Crippen MR) is 134 cm³/mol. The number of nitrogens with one attached hydrogen (secondary N) is 1. The van der Waals surface area contributed by atoms with E-state index in [9.17, 15) is 9.59 Å². The number of nitrogens with zero attached hydrogens (tertiary/aromatic N) is 5. The fraction of sp³-hybridized carbons (Fsp3) is 0.320. The van der Waals surface area contributed by atoms with Crippen LogP contribution in [0.3, 0.4) is 0 Å². The van der Waals surface area contributed by atoms with Crippen molar-refractivity contribution in [1.82, 2.24) is 18.9 Å². The first-order chi connectivity index (χ1) is 16.3. The van der Waals surface area contributed by atoms with Gasteiger partial charge in [-0.3, -0.25) is 24.0 Å². The molecular formula is C25H28N6O3. The van der Waals surface area contributed by atoms with E-state index in [1.165, 1.54) is 4.68 Å². The topological polar surface area (TPSA) is 89.5 Å². The van der Waals surface area contributed by atoms with Crippen LogP contribution >= 0.6 is 0 Å². The SMILES string of the molecule is Cc1ccc(-n2[nH]c(C)c(C=Nc3cc4c(cc3N3CCOCC3)n(C)c(=O)n4C)c2=O)cc1. The van der Waals surface area contributed by atoms with E-state index in [0.29, 0.717) is 24.5 Å². The van der Waals surface area contributed by atoms with Crippen molar-refractivity contribution in [2.24, 2.45) is 19.1 Å². The van der Waals surface area contributed by atoms with E-state index in [1.54, 1.807) is 29.4 Å². The van der Waals surface area contributed by atoms with E-state index in [2.05, 4.69) is 10.00 Å². The lowest BCUT2D eigenvalue weighted by Crippen LogP contribution is -2.36. The van der Waals surface area contributed by atoms with Crippen molar-refractivity contribution in [3.63, 3.8) is 0 Å². The minimum Gasteiger partial charge on any atom is -0.378 e. The van der Waals surface area contributed by atoms with Crippen molar-refractivity contribution >= 4 is 28.6 Å². The molecular weight excluding hydrogens is 432 g/mol. The summed E-state index contributed by atoms with van der Waals surface area (Å²) in [6, 6.07) is 11.7. The Hall–Kier alpha value is -3.85. The van der Waals surface area contributed by atoms with E-state index in [-0.39, 0.29) is 11.2 Å². The summed E-state index contributed by atoms with van der Waals surface area (Å²) in [4.78, 5) is 32.7. The van der Waals surface area contributed by atoms with Gasteiger partial charge in [-0.15, -0.1) is 0 Å². The van der Waals surface area contributed by atoms with E-state index >= 15 is 0 Å². The number of rotatable bonds is 4. The largest absolute Gasteiger partial charge is 0.378 e. The monoisotopic (exact) mass is 460 g/mol. The zero-order valence-electron chi connectivity index (χ0n) is 19.8. The van der Waals surface area contributed by atoms with E-state index in [1.807, 2.05) is 50.2 Å². The van der Waals surface area contributed by atoms with Crippen LogP contribution in [0.4, 0.5) is 11.4 Å². The minimum atomic E-state index is -0.161. The van der Waals surface area contributed by atoms with Crippen molar-refractivity contribution in [1.29, 1.82) is 0 Å². The van der Waals surface area contributed by atoms with Gasteiger partial charge >= 0.3 is 5.69 Å². The summed E-state index contributed by atoms with van der Waals surface area (Å²) < 4.78 is 10.3. The number of aliphatic imine (C=N–C) groups is 1. The number of benzene rings is 2. The maximum absolute atomic E-state index is 13.2. The van der Waals surface area contributed by atoms with Crippen LogP contribution in [-0.2, 0) is 18.8 Å². The molecule has 34 heavy (non-hydrogen) atoms. The van der Waals surface area contributed by atoms with E-state index in [4.69, 9.17) is 9.73 Å². The summed E-state index contributed by atoms with van der Waals surface area (Å²) in [7, 11) is 3.52. The minimum absolute atomic E-state index is 0.0912. The molecule has 0 amide bonds. The highest BCUT2D eigenvalue weighted by molar-refractivity contribution is 5.91. The molecule has 3 heterocycles. The molecule has 2 aromatic heterocycles. The Morgan fingerprint density at radius 1 is 0.971 bits per heavy atom. The standard InChI is InChI=1S/C25H28N6O3/c1-16-5-7-18(8-6-16)31-24(32)19(17(2)27-31)15-26-20-13-22-23(29(4)25(33)28(22)3)14-21(20)30-9-11-34-12-10-30/h5-8,13-15,27H,9-12H2,1-4H3. The van der Waals surface area contributed by atoms with Gasteiger partial charge in [-0.25, -0.2) is 9.48 Å². The van der Waals surface area contributed by atoms with E-state index in [0.717, 1.165) is 46.8 Å². The third kappa shape index (κ3) is 3.67. The van der Waals surface area contributed by atoms with Crippen LogP contribution in [0, 0.1) is 13.8 Å². The van der Waals surface area contributed by atoms with Crippen molar-refractivity contribution in [3.8, 4) is 5.69 Å². The van der Waals surface area contributed by atoms with Crippen molar-refractivity contribution in [3.05, 3.63) is 74.1 Å². The highest BCUT2D eigenvalue weighted by atomic mass is 16.5. The van der Waals surface area contributed by atoms with Crippen LogP contribution in [0.15, 0.2) is 51.0 Å². The predicted octanol–water partition coefficient (Wildman–Crippen LogP) is 2.56. The first-order valence-electron chi connectivity index (χ1n) is 11.3. The lowest BCUT2D eigenvalue weighted by Gasteiger charge is -2.30. The number of aryl methyl sites for hydroxylation is 4. The summed E-state index contributed by atoms with van der Waals surface area (Å²) >= 11 is 0. The molecule has 2 aromatic carbocycles. The number of hydrogen-bond donors (Lipinski definition) is 1. The van der Waals surface area contributed by atoms with Gasteiger partial charge in [0.2, 0.25) is 0 Å². The average Bonchev–Trinajstić information content (AvgIpc) is 3.25. The highest BCUT2D eigenvalue weighted by Crippen LogP contribution is 2.33. The van der Waals surface area contributed by atoms with Crippen LogP contribution in [0.5, 0.6) is 0 Å². The lowest BCUT2D eigenvalue weighted by atomic mass is 10.2. The molecule has 0 radical (unpaired) electrons. The summed E-state index contributed by atoms with van der Waals surface area (Å²) in [5, 5.41) is 3.15. The summed E-state index contributed by atoms with van der Waals surface area (Å²) in [5.41, 5.74) is 6.13. The molecule has 1 N–H and O–H groups in total. The molecule has 0 bridgehead atoms. The van der Waals surface area contributed by atoms with Crippen molar-refractivity contribution in [2.45, 2.75) is 13.8 Å². The Kier molecular flexibility index (Phi) is 5.49. The maximum Gasteiger partial charge on any atom is 0.328 e. The van der Waals surface area contributed by atoms with Crippen LogP contribution in [0.25, 0.3) is 16.7 Å². The lowest BCUT2D eigenvalue weighted by molar-refractivity contribution is 0.123. The Morgan fingerprint density at radius 3 is 2.29 bits per heavy atom. The van der Waals surface area contributed by atoms with Crippen molar-refractivity contribution < 1.29 is 4.74 Å². The number of anilines is 1. The number of hydrogen-bond acceptors (Lipinski definition) is 5. The van der Waals surface area contributed by atoms with Gasteiger partial charge in [0.15, 0.2) is 0 Å². The normalized spacial score (nSPS) is 14.5. The fourth-order valence-corrected chi connectivity index (χ4v) is 4.41. The molecule has 176 valence electrons. The number of H-pyrrole nitrogens is 1. The number of aromatic amines is 1. The van der Waals surface area contributed by atoms with Gasteiger partial charge in [0.25, 0.3) is 5.56 Å². The first kappa shape index (κ1) is 22.0. The number of imidazole rings is 1. The van der Waals surface area contributed by atoms with Gasteiger partial charge in [0.1, 0.15) is 0 Å². The fourth-order valence-electron chi connectivity index (χ4n) is 4.41. The van der Waals surface area contributed by atoms with Gasteiger partial charge in [-0.1, -0.05) is 17.7 Å². The maximum atomic E-state index is 13.2. The molecule has 9 nitrogen and oxygen atoms in total. The molecule has 1 fully saturated rings. The van der Waals surface area contributed by atoms with Crippen molar-refractivity contribution in [2.75, 3.05) is 31.2 Å². The van der Waals surface area contributed by atoms with Crippen LogP contribution in [-0.4, -0.2) is 51.4 Å². The molecule has 1 aliphatic rings. The molecule has 9 heteroatoms. The molecule has 0 atom stereocenters. The second-order valence-electron chi connectivity index (χ2n) is 8.71. The molecule has 0 saturated carbocycles. The molecule has 1 saturated heterocycles. The molecule has 1 aliphatic heterocycles. The summed E-state index contributed by atoms with van der Waals surface area (Å²) in [5.74, 6) is 0. The molecule has 0 unspecified atom stereocenters. The number of aromatic nitrogens is 4. The summed E-state index contributed by atoms with van der Waals surface area (Å²) in [6.45, 7) is 6.60. The zero-order valence-corrected chi connectivity index (χ0v) is 19.8. The van der Waals surface area contributed by atoms with Crippen LogP contribution in [0.2, 0.25) is 0 Å². The van der Waals surface area contributed by atoms with Crippen LogP contribution in [0.1, 0.15) is 16.8 Å². The number of ether oxygens (including phenoxy) is 1. The van der Waals surface area contributed by atoms with Gasteiger partial charge in [0.05, 0.1) is 46.9 Å². The third-order valence-electron chi connectivity index (χ3n) is 6.46. The Bertz CT molecular complexity index is 1510. The van der Waals surface area contributed by atoms with Gasteiger partial charge in [-0.05, 0) is 38.1 Å². The van der Waals surface area contributed by atoms with Gasteiger partial charge in [-0.2, -0.15) is 0 Å². The molecule has 5 rings (SSSR count). The Morgan fingerprint density at radius 2 is 1.62 bits per heavy atom. The quantitative estimate of drug-likeness (QED) is 0.474. The first-order valence-corrected chi connectivity index (χ1v) is 11.3. The smallest absolute Gasteiger partial charge is 0.328 e. The molecule has 0 aliphatic carbocycles. The van der Waals surface area contributed by atoms with E-state index < -0.39 is 0 Å². The number of fused-ring (bicyclic) bond motifs is 1. The molecule has 4 aromatic rings. The zero-order chi connectivity index (χ0) is 24.0. The van der Waals surface area contributed by atoms with Gasteiger partial charge < -0.3 is 9.64 Å². The second-order valence-corrected chi connectivity index (χ2v) is 8.71. The summed E-state index contributed by atoms with van der Waals surface area (Å²) in [6.07, 6.45) is 1.62. The number of morpholine rings is 1. The second kappa shape index (κ2) is 8.49. The Balaban J connectivity index is 1.61. The van der Waals surface area contributed by atoms with Gasteiger partial charge in [0, 0.05) is 39.1 Å². The molecule has 0 spiro atoms.